The highest BCUT2D eigenvalue weighted by atomic mass is 19.4. The van der Waals surface area contributed by atoms with Gasteiger partial charge >= 0.3 is 6.18 Å². The lowest BCUT2D eigenvalue weighted by molar-refractivity contribution is -0.144. The van der Waals surface area contributed by atoms with E-state index in [4.69, 9.17) is 10.2 Å². The Balaban J connectivity index is 2.14. The predicted octanol–water partition coefficient (Wildman–Crippen LogP) is 2.59. The van der Waals surface area contributed by atoms with Crippen LogP contribution in [0, 0.1) is 6.92 Å². The number of alkyl halides is 3. The zero-order valence-corrected chi connectivity index (χ0v) is 9.95. The second-order valence-electron chi connectivity index (χ2n) is 3.87. The van der Waals surface area contributed by atoms with Crippen molar-refractivity contribution in [2.24, 2.45) is 0 Å². The van der Waals surface area contributed by atoms with E-state index in [2.05, 4.69) is 15.3 Å². The van der Waals surface area contributed by atoms with Crippen LogP contribution in [0.4, 0.5) is 24.8 Å². The molecule has 0 unspecified atom stereocenters. The Labute approximate surface area is 106 Å². The van der Waals surface area contributed by atoms with Crippen LogP contribution in [0.15, 0.2) is 22.6 Å². The van der Waals surface area contributed by atoms with Crippen molar-refractivity contribution in [3.63, 3.8) is 0 Å². The molecule has 0 aromatic carbocycles. The number of halogens is 3. The second kappa shape index (κ2) is 4.79. The SMILES string of the molecule is Cc1ccc(CNc2cc(N)nc(C(F)(F)F)n2)o1. The first kappa shape index (κ1) is 13.2. The van der Waals surface area contributed by atoms with Crippen molar-refractivity contribution < 1.29 is 17.6 Å². The molecule has 0 amide bonds. The largest absolute Gasteiger partial charge is 0.465 e. The van der Waals surface area contributed by atoms with Crippen molar-refractivity contribution in [2.75, 3.05) is 11.1 Å². The van der Waals surface area contributed by atoms with Crippen molar-refractivity contribution >= 4 is 11.6 Å². The highest BCUT2D eigenvalue weighted by Gasteiger charge is 2.35. The quantitative estimate of drug-likeness (QED) is 0.898. The number of hydrogen-bond donors (Lipinski definition) is 2. The van der Waals surface area contributed by atoms with E-state index < -0.39 is 12.0 Å². The first-order valence-electron chi connectivity index (χ1n) is 5.35. The minimum Gasteiger partial charge on any atom is -0.465 e. The molecule has 2 aromatic heterocycles. The predicted molar refractivity (Wildman–Crippen MR) is 62.2 cm³/mol. The van der Waals surface area contributed by atoms with E-state index in [1.807, 2.05) is 0 Å². The molecule has 0 aliphatic carbocycles. The normalized spacial score (nSPS) is 11.6. The van der Waals surface area contributed by atoms with Crippen LogP contribution in [0.5, 0.6) is 0 Å². The lowest BCUT2D eigenvalue weighted by Gasteiger charge is -2.09. The minimum atomic E-state index is -4.63. The summed E-state index contributed by atoms with van der Waals surface area (Å²) < 4.78 is 42.7. The van der Waals surface area contributed by atoms with E-state index in [1.165, 1.54) is 6.07 Å². The molecule has 0 saturated carbocycles. The van der Waals surface area contributed by atoms with Gasteiger partial charge in [-0.15, -0.1) is 0 Å². The van der Waals surface area contributed by atoms with Crippen LogP contribution in [0.2, 0.25) is 0 Å². The molecule has 2 rings (SSSR count). The Hall–Kier alpha value is -2.25. The molecule has 0 bridgehead atoms. The molecular weight excluding hydrogens is 261 g/mol. The van der Waals surface area contributed by atoms with E-state index >= 15 is 0 Å². The maximum Gasteiger partial charge on any atom is 0.451 e. The van der Waals surface area contributed by atoms with Crippen molar-refractivity contribution in [3.8, 4) is 0 Å². The lowest BCUT2D eigenvalue weighted by Crippen LogP contribution is -2.14. The van der Waals surface area contributed by atoms with Crippen LogP contribution in [-0.2, 0) is 12.7 Å². The van der Waals surface area contributed by atoms with Gasteiger partial charge in [0.1, 0.15) is 23.2 Å². The third-order valence-electron chi connectivity index (χ3n) is 2.24. The fourth-order valence-corrected chi connectivity index (χ4v) is 1.44. The topological polar surface area (TPSA) is 77.0 Å². The Morgan fingerprint density at radius 2 is 2.05 bits per heavy atom. The average Bonchev–Trinajstić information content (AvgIpc) is 2.71. The zero-order chi connectivity index (χ0) is 14.0. The number of anilines is 2. The summed E-state index contributed by atoms with van der Waals surface area (Å²) in [6, 6.07) is 4.70. The smallest absolute Gasteiger partial charge is 0.451 e. The Bertz CT molecular complexity index is 580. The average molecular weight is 272 g/mol. The Morgan fingerprint density at radius 1 is 1.32 bits per heavy atom. The monoisotopic (exact) mass is 272 g/mol. The summed E-state index contributed by atoms with van der Waals surface area (Å²) in [4.78, 5) is 6.50. The van der Waals surface area contributed by atoms with Crippen LogP contribution in [-0.4, -0.2) is 9.97 Å². The molecule has 8 heteroatoms. The van der Waals surface area contributed by atoms with Gasteiger partial charge in [-0.2, -0.15) is 13.2 Å². The molecule has 3 N–H and O–H groups in total. The van der Waals surface area contributed by atoms with Gasteiger partial charge in [0.2, 0.25) is 5.82 Å². The summed E-state index contributed by atoms with van der Waals surface area (Å²) in [5.74, 6) is -0.224. The summed E-state index contributed by atoms with van der Waals surface area (Å²) in [7, 11) is 0. The third kappa shape index (κ3) is 3.36. The van der Waals surface area contributed by atoms with Gasteiger partial charge in [-0.25, -0.2) is 9.97 Å². The molecule has 19 heavy (non-hydrogen) atoms. The van der Waals surface area contributed by atoms with E-state index in [1.54, 1.807) is 19.1 Å². The molecular formula is C11H11F3N4O. The van der Waals surface area contributed by atoms with Gasteiger partial charge in [0.15, 0.2) is 0 Å². The summed E-state index contributed by atoms with van der Waals surface area (Å²) in [6.45, 7) is 1.98. The lowest BCUT2D eigenvalue weighted by atomic mass is 10.4. The number of nitrogen functional groups attached to an aromatic ring is 1. The number of hydrogen-bond acceptors (Lipinski definition) is 5. The molecule has 5 nitrogen and oxygen atoms in total. The standard InChI is InChI=1S/C11H11F3N4O/c1-6-2-3-7(19-6)5-16-9-4-8(15)17-10(18-9)11(12,13)14/h2-4H,5H2,1H3,(H3,15,16,17,18). The number of nitrogens with one attached hydrogen (secondary N) is 1. The minimum absolute atomic E-state index is 0.00567. The molecule has 0 aliphatic rings. The fourth-order valence-electron chi connectivity index (χ4n) is 1.44. The van der Waals surface area contributed by atoms with Crippen LogP contribution >= 0.6 is 0 Å². The zero-order valence-electron chi connectivity index (χ0n) is 9.95. The molecule has 0 radical (unpaired) electrons. The highest BCUT2D eigenvalue weighted by molar-refractivity contribution is 5.45. The summed E-state index contributed by atoms with van der Waals surface area (Å²) in [5, 5.41) is 2.70. The molecule has 0 spiro atoms. The summed E-state index contributed by atoms with van der Waals surface area (Å²) >= 11 is 0. The van der Waals surface area contributed by atoms with Gasteiger partial charge in [0.05, 0.1) is 6.54 Å². The van der Waals surface area contributed by atoms with Gasteiger partial charge in [0, 0.05) is 6.07 Å². The molecule has 0 atom stereocenters. The van der Waals surface area contributed by atoms with E-state index in [0.717, 1.165) is 5.76 Å². The van der Waals surface area contributed by atoms with E-state index in [0.29, 0.717) is 5.76 Å². The van der Waals surface area contributed by atoms with Gasteiger partial charge in [-0.3, -0.25) is 0 Å². The number of rotatable bonds is 3. The molecule has 0 fully saturated rings. The van der Waals surface area contributed by atoms with Gasteiger partial charge in [-0.1, -0.05) is 0 Å². The van der Waals surface area contributed by atoms with Crippen molar-refractivity contribution in [2.45, 2.75) is 19.6 Å². The van der Waals surface area contributed by atoms with Gasteiger partial charge in [-0.05, 0) is 19.1 Å². The number of furan rings is 1. The van der Waals surface area contributed by atoms with E-state index in [9.17, 15) is 13.2 Å². The van der Waals surface area contributed by atoms with Crippen molar-refractivity contribution in [3.05, 3.63) is 35.5 Å². The third-order valence-corrected chi connectivity index (χ3v) is 2.24. The molecule has 102 valence electrons. The van der Waals surface area contributed by atoms with Crippen molar-refractivity contribution in [1.29, 1.82) is 0 Å². The van der Waals surface area contributed by atoms with Gasteiger partial charge in [0.25, 0.3) is 0 Å². The second-order valence-corrected chi connectivity index (χ2v) is 3.87. The van der Waals surface area contributed by atoms with Crippen LogP contribution in [0.1, 0.15) is 17.3 Å². The van der Waals surface area contributed by atoms with Crippen LogP contribution < -0.4 is 11.1 Å². The maximum absolute atomic E-state index is 12.5. The number of nitrogens with zero attached hydrogens (tertiary/aromatic N) is 2. The fraction of sp³-hybridized carbons (Fsp3) is 0.273. The number of aromatic nitrogens is 2. The number of nitrogens with two attached hydrogens (primary N) is 1. The van der Waals surface area contributed by atoms with E-state index in [-0.39, 0.29) is 18.2 Å². The van der Waals surface area contributed by atoms with Crippen LogP contribution in [0.25, 0.3) is 0 Å². The number of aryl methyl sites for hydroxylation is 1. The Kier molecular flexibility index (Phi) is 3.32. The van der Waals surface area contributed by atoms with Crippen molar-refractivity contribution in [1.82, 2.24) is 9.97 Å². The summed E-state index contributed by atoms with van der Waals surface area (Å²) in [6.07, 6.45) is -4.63. The van der Waals surface area contributed by atoms with Crippen LogP contribution in [0.3, 0.4) is 0 Å². The first-order chi connectivity index (χ1) is 8.84. The van der Waals surface area contributed by atoms with Gasteiger partial charge < -0.3 is 15.5 Å². The molecule has 2 heterocycles. The Morgan fingerprint density at radius 3 is 2.63 bits per heavy atom. The maximum atomic E-state index is 12.5. The molecule has 2 aromatic rings. The first-order valence-corrected chi connectivity index (χ1v) is 5.35. The molecule has 0 saturated heterocycles. The summed E-state index contributed by atoms with van der Waals surface area (Å²) in [5.41, 5.74) is 5.31. The highest BCUT2D eigenvalue weighted by Crippen LogP contribution is 2.27. The molecule has 0 aliphatic heterocycles.